The highest BCUT2D eigenvalue weighted by Gasteiger charge is 2.11. The van der Waals surface area contributed by atoms with Crippen molar-refractivity contribution in [3.63, 3.8) is 0 Å². The minimum absolute atomic E-state index is 0.0235. The highest BCUT2D eigenvalue weighted by Crippen LogP contribution is 2.28. The molecule has 1 rings (SSSR count). The SMILES string of the molecule is COc1ccc(/C=C(\C#N)C(=O)NC(C)C)cc1OC. The first-order valence-electron chi connectivity index (χ1n) is 6.16. The molecule has 0 radical (unpaired) electrons. The smallest absolute Gasteiger partial charge is 0.262 e. The molecule has 0 heterocycles. The summed E-state index contributed by atoms with van der Waals surface area (Å²) >= 11 is 0. The van der Waals surface area contributed by atoms with Crippen LogP contribution in [0.4, 0.5) is 0 Å². The van der Waals surface area contributed by atoms with Crippen LogP contribution in [0.2, 0.25) is 0 Å². The zero-order valence-corrected chi connectivity index (χ0v) is 12.1. The van der Waals surface area contributed by atoms with Crippen molar-refractivity contribution in [1.82, 2.24) is 5.32 Å². The van der Waals surface area contributed by atoms with Crippen LogP contribution < -0.4 is 14.8 Å². The molecule has 0 aliphatic heterocycles. The van der Waals surface area contributed by atoms with Gasteiger partial charge in [0, 0.05) is 6.04 Å². The van der Waals surface area contributed by atoms with E-state index in [9.17, 15) is 4.79 Å². The quantitative estimate of drug-likeness (QED) is 0.659. The topological polar surface area (TPSA) is 71.3 Å². The third-order valence-electron chi connectivity index (χ3n) is 2.50. The zero-order valence-electron chi connectivity index (χ0n) is 12.1. The van der Waals surface area contributed by atoms with Crippen LogP contribution in [-0.2, 0) is 4.79 Å². The lowest BCUT2D eigenvalue weighted by atomic mass is 10.1. The predicted molar refractivity (Wildman–Crippen MR) is 76.4 cm³/mol. The summed E-state index contributed by atoms with van der Waals surface area (Å²) in [6.45, 7) is 3.67. The lowest BCUT2D eigenvalue weighted by Crippen LogP contribution is -2.30. The van der Waals surface area contributed by atoms with Gasteiger partial charge in [0.05, 0.1) is 14.2 Å². The molecule has 0 saturated heterocycles. The molecule has 0 spiro atoms. The van der Waals surface area contributed by atoms with Gasteiger partial charge in [0.25, 0.3) is 5.91 Å². The Labute approximate surface area is 118 Å². The summed E-state index contributed by atoms with van der Waals surface area (Å²) in [5.41, 5.74) is 0.740. The van der Waals surface area contributed by atoms with Gasteiger partial charge in [-0.1, -0.05) is 6.07 Å². The van der Waals surface area contributed by atoms with Gasteiger partial charge in [-0.2, -0.15) is 5.26 Å². The largest absolute Gasteiger partial charge is 0.493 e. The van der Waals surface area contributed by atoms with Crippen molar-refractivity contribution >= 4 is 12.0 Å². The van der Waals surface area contributed by atoms with E-state index in [2.05, 4.69) is 5.32 Å². The van der Waals surface area contributed by atoms with Crippen molar-refractivity contribution in [2.24, 2.45) is 0 Å². The lowest BCUT2D eigenvalue weighted by molar-refractivity contribution is -0.117. The van der Waals surface area contributed by atoms with Crippen molar-refractivity contribution in [3.05, 3.63) is 29.3 Å². The Morgan fingerprint density at radius 3 is 2.45 bits per heavy atom. The summed E-state index contributed by atoms with van der Waals surface area (Å²) < 4.78 is 10.3. The molecule has 0 unspecified atom stereocenters. The average Bonchev–Trinajstić information content (AvgIpc) is 2.43. The fourth-order valence-corrected chi connectivity index (χ4v) is 1.60. The van der Waals surface area contributed by atoms with E-state index in [1.807, 2.05) is 19.9 Å². The Morgan fingerprint density at radius 1 is 1.30 bits per heavy atom. The molecular formula is C15H18N2O3. The van der Waals surface area contributed by atoms with Crippen LogP contribution in [0, 0.1) is 11.3 Å². The number of nitrogens with zero attached hydrogens (tertiary/aromatic N) is 1. The van der Waals surface area contributed by atoms with Crippen LogP contribution in [0.15, 0.2) is 23.8 Å². The van der Waals surface area contributed by atoms with Crippen LogP contribution in [0.25, 0.3) is 6.08 Å². The van der Waals surface area contributed by atoms with Gasteiger partial charge >= 0.3 is 0 Å². The molecule has 1 aromatic carbocycles. The van der Waals surface area contributed by atoms with E-state index < -0.39 is 5.91 Å². The number of methoxy groups -OCH3 is 2. The number of hydrogen-bond acceptors (Lipinski definition) is 4. The number of amides is 1. The number of carbonyl (C=O) groups excluding carboxylic acids is 1. The average molecular weight is 274 g/mol. The van der Waals surface area contributed by atoms with E-state index in [4.69, 9.17) is 14.7 Å². The summed E-state index contributed by atoms with van der Waals surface area (Å²) in [7, 11) is 3.08. The normalized spacial score (nSPS) is 10.9. The molecule has 20 heavy (non-hydrogen) atoms. The fourth-order valence-electron chi connectivity index (χ4n) is 1.60. The summed E-state index contributed by atoms with van der Waals surface area (Å²) in [5.74, 6) is 0.745. The van der Waals surface area contributed by atoms with Crippen molar-refractivity contribution in [1.29, 1.82) is 5.26 Å². The Hall–Kier alpha value is -2.48. The maximum absolute atomic E-state index is 11.8. The van der Waals surface area contributed by atoms with Gasteiger partial charge < -0.3 is 14.8 Å². The third-order valence-corrected chi connectivity index (χ3v) is 2.50. The van der Waals surface area contributed by atoms with Gasteiger partial charge in [-0.3, -0.25) is 4.79 Å². The number of nitrogens with one attached hydrogen (secondary N) is 1. The summed E-state index contributed by atoms with van der Waals surface area (Å²) in [6.07, 6.45) is 1.51. The molecular weight excluding hydrogens is 256 g/mol. The molecule has 0 aliphatic rings. The molecule has 5 heteroatoms. The van der Waals surface area contributed by atoms with Crippen molar-refractivity contribution in [2.75, 3.05) is 14.2 Å². The van der Waals surface area contributed by atoms with Crippen LogP contribution in [0.5, 0.6) is 11.5 Å². The van der Waals surface area contributed by atoms with Crippen molar-refractivity contribution in [3.8, 4) is 17.6 Å². The number of rotatable bonds is 5. The molecule has 0 aliphatic carbocycles. The first-order valence-corrected chi connectivity index (χ1v) is 6.16. The molecule has 106 valence electrons. The third kappa shape index (κ3) is 4.02. The molecule has 5 nitrogen and oxygen atoms in total. The summed E-state index contributed by atoms with van der Waals surface area (Å²) in [6, 6.07) is 7.06. The van der Waals surface area contributed by atoms with Crippen LogP contribution >= 0.6 is 0 Å². The first-order chi connectivity index (χ1) is 9.51. The van der Waals surface area contributed by atoms with Crippen LogP contribution in [-0.4, -0.2) is 26.2 Å². The minimum atomic E-state index is -0.391. The van der Waals surface area contributed by atoms with Gasteiger partial charge in [0.15, 0.2) is 11.5 Å². The number of carbonyl (C=O) groups is 1. The Kier molecular flexibility index (Phi) is 5.60. The molecule has 0 bridgehead atoms. The van der Waals surface area contributed by atoms with Crippen molar-refractivity contribution < 1.29 is 14.3 Å². The monoisotopic (exact) mass is 274 g/mol. The second-order valence-electron chi connectivity index (χ2n) is 4.41. The zero-order chi connectivity index (χ0) is 15.1. The predicted octanol–water partition coefficient (Wildman–Crippen LogP) is 2.14. The second kappa shape index (κ2) is 7.19. The number of ether oxygens (including phenoxy) is 2. The molecule has 0 saturated carbocycles. The Bertz CT molecular complexity index is 557. The number of nitriles is 1. The van der Waals surface area contributed by atoms with E-state index in [0.29, 0.717) is 17.1 Å². The summed E-state index contributed by atoms with van der Waals surface area (Å²) in [4.78, 5) is 11.8. The second-order valence-corrected chi connectivity index (χ2v) is 4.41. The van der Waals surface area contributed by atoms with Gasteiger partial charge in [0.2, 0.25) is 0 Å². The highest BCUT2D eigenvalue weighted by atomic mass is 16.5. The summed E-state index contributed by atoms with van der Waals surface area (Å²) in [5, 5.41) is 11.7. The highest BCUT2D eigenvalue weighted by molar-refractivity contribution is 6.01. The van der Waals surface area contributed by atoms with E-state index in [1.165, 1.54) is 13.2 Å². The molecule has 1 N–H and O–H groups in total. The molecule has 1 amide bonds. The maximum atomic E-state index is 11.8. The molecule has 0 atom stereocenters. The van der Waals surface area contributed by atoms with Gasteiger partial charge in [-0.05, 0) is 37.6 Å². The first kappa shape index (κ1) is 15.6. The molecule has 0 fully saturated rings. The lowest BCUT2D eigenvalue weighted by Gasteiger charge is -2.09. The number of hydrogen-bond donors (Lipinski definition) is 1. The van der Waals surface area contributed by atoms with E-state index in [-0.39, 0.29) is 11.6 Å². The van der Waals surface area contributed by atoms with Gasteiger partial charge in [-0.25, -0.2) is 0 Å². The van der Waals surface area contributed by atoms with E-state index in [1.54, 1.807) is 25.3 Å². The maximum Gasteiger partial charge on any atom is 0.262 e. The van der Waals surface area contributed by atoms with E-state index in [0.717, 1.165) is 0 Å². The van der Waals surface area contributed by atoms with Crippen molar-refractivity contribution in [2.45, 2.75) is 19.9 Å². The van der Waals surface area contributed by atoms with Crippen LogP contribution in [0.1, 0.15) is 19.4 Å². The Balaban J connectivity index is 3.08. The molecule has 0 aromatic heterocycles. The van der Waals surface area contributed by atoms with Crippen LogP contribution in [0.3, 0.4) is 0 Å². The number of benzene rings is 1. The molecule has 1 aromatic rings. The minimum Gasteiger partial charge on any atom is -0.493 e. The standard InChI is InChI=1S/C15H18N2O3/c1-10(2)17-15(18)12(9-16)7-11-5-6-13(19-3)14(8-11)20-4/h5-8,10H,1-4H3,(H,17,18)/b12-7+. The Morgan fingerprint density at radius 2 is 1.95 bits per heavy atom. The fraction of sp³-hybridized carbons (Fsp3) is 0.333. The van der Waals surface area contributed by atoms with E-state index >= 15 is 0 Å². The van der Waals surface area contributed by atoms with Gasteiger partial charge in [-0.15, -0.1) is 0 Å². The van der Waals surface area contributed by atoms with Gasteiger partial charge in [0.1, 0.15) is 11.6 Å².